The van der Waals surface area contributed by atoms with Gasteiger partial charge in [-0.05, 0) is 25.1 Å². The minimum absolute atomic E-state index is 0.120. The van der Waals surface area contributed by atoms with Crippen LogP contribution in [0.3, 0.4) is 0 Å². The fraction of sp³-hybridized carbons (Fsp3) is 0.500. The molecule has 0 aliphatic carbocycles. The van der Waals surface area contributed by atoms with Gasteiger partial charge in [0.05, 0.1) is 0 Å². The predicted octanol–water partition coefficient (Wildman–Crippen LogP) is 2.10. The van der Waals surface area contributed by atoms with Gasteiger partial charge >= 0.3 is 12.1 Å². The van der Waals surface area contributed by atoms with E-state index >= 15 is 0 Å². The van der Waals surface area contributed by atoms with Crippen LogP contribution < -0.4 is 5.32 Å². The maximum atomic E-state index is 11.7. The van der Waals surface area contributed by atoms with Gasteiger partial charge in [0.25, 0.3) is 0 Å². The molecule has 1 aromatic carbocycles. The summed E-state index contributed by atoms with van der Waals surface area (Å²) >= 11 is 0. The average Bonchev–Trinajstić information content (AvgIpc) is 2.53. The highest BCUT2D eigenvalue weighted by Gasteiger charge is 2.21. The third-order valence-electron chi connectivity index (χ3n) is 3.43. The Labute approximate surface area is 131 Å². The van der Waals surface area contributed by atoms with Crippen LogP contribution >= 0.6 is 0 Å². The quantitative estimate of drug-likeness (QED) is 0.730. The van der Waals surface area contributed by atoms with E-state index in [0.717, 1.165) is 18.7 Å². The zero-order valence-electron chi connectivity index (χ0n) is 13.1. The number of aliphatic carboxylic acids is 1. The number of carboxylic acids is 1. The zero-order valence-corrected chi connectivity index (χ0v) is 13.1. The maximum absolute atomic E-state index is 11.7. The van der Waals surface area contributed by atoms with Crippen molar-refractivity contribution in [3.8, 4) is 0 Å². The molecule has 0 aliphatic heterocycles. The Kier molecular flexibility index (Phi) is 7.99. The molecule has 1 unspecified atom stereocenters. The fourth-order valence-electron chi connectivity index (χ4n) is 2.02. The number of benzene rings is 1. The molecule has 122 valence electrons. The molecule has 0 aromatic heterocycles. The largest absolute Gasteiger partial charge is 0.480 e. The van der Waals surface area contributed by atoms with Gasteiger partial charge in [0.2, 0.25) is 0 Å². The standard InChI is InChI=1S/C16H24N2O4/c1-3-18(4-2)11-10-14(15(19)20)17-16(21)22-12-13-8-6-5-7-9-13/h5-9,14H,3-4,10-12H2,1-2H3,(H,17,21)(H,19,20). The number of hydrogen-bond acceptors (Lipinski definition) is 4. The molecule has 2 N–H and O–H groups in total. The summed E-state index contributed by atoms with van der Waals surface area (Å²) in [7, 11) is 0. The average molecular weight is 308 g/mol. The van der Waals surface area contributed by atoms with Crippen LogP contribution in [0.1, 0.15) is 25.8 Å². The van der Waals surface area contributed by atoms with Gasteiger partial charge < -0.3 is 20.1 Å². The number of hydrogen-bond donors (Lipinski definition) is 2. The first kappa shape index (κ1) is 18.0. The van der Waals surface area contributed by atoms with Crippen LogP contribution in [-0.2, 0) is 16.1 Å². The Hall–Kier alpha value is -2.08. The normalized spacial score (nSPS) is 12.0. The first-order valence-corrected chi connectivity index (χ1v) is 7.49. The van der Waals surface area contributed by atoms with Gasteiger partial charge in [0, 0.05) is 6.54 Å². The number of carbonyl (C=O) groups excluding carboxylic acids is 1. The van der Waals surface area contributed by atoms with Gasteiger partial charge in [-0.1, -0.05) is 44.2 Å². The van der Waals surface area contributed by atoms with Crippen molar-refractivity contribution >= 4 is 12.1 Å². The van der Waals surface area contributed by atoms with Crippen molar-refractivity contribution in [2.24, 2.45) is 0 Å². The van der Waals surface area contributed by atoms with E-state index in [0.29, 0.717) is 13.0 Å². The molecule has 0 aliphatic rings. The molecule has 0 spiro atoms. The third-order valence-corrected chi connectivity index (χ3v) is 3.43. The molecule has 1 aromatic rings. The SMILES string of the molecule is CCN(CC)CCC(NC(=O)OCc1ccccc1)C(=O)O. The summed E-state index contributed by atoms with van der Waals surface area (Å²) in [4.78, 5) is 25.0. The van der Waals surface area contributed by atoms with Crippen LogP contribution in [0.15, 0.2) is 30.3 Å². The number of carboxylic acid groups (broad SMARTS) is 1. The second-order valence-electron chi connectivity index (χ2n) is 4.91. The summed E-state index contributed by atoms with van der Waals surface area (Å²) in [6.45, 7) is 6.46. The van der Waals surface area contributed by atoms with E-state index in [9.17, 15) is 14.7 Å². The van der Waals surface area contributed by atoms with Crippen LogP contribution in [0, 0.1) is 0 Å². The number of nitrogens with one attached hydrogen (secondary N) is 1. The lowest BCUT2D eigenvalue weighted by molar-refractivity contribution is -0.139. The van der Waals surface area contributed by atoms with Crippen molar-refractivity contribution in [2.45, 2.75) is 32.9 Å². The lowest BCUT2D eigenvalue weighted by Crippen LogP contribution is -2.43. The molecular weight excluding hydrogens is 284 g/mol. The van der Waals surface area contributed by atoms with E-state index < -0.39 is 18.1 Å². The van der Waals surface area contributed by atoms with Gasteiger partial charge in [-0.15, -0.1) is 0 Å². The van der Waals surface area contributed by atoms with E-state index in [1.54, 1.807) is 0 Å². The van der Waals surface area contributed by atoms with E-state index in [1.165, 1.54) is 0 Å². The second-order valence-corrected chi connectivity index (χ2v) is 4.91. The van der Waals surface area contributed by atoms with Gasteiger partial charge in [0.1, 0.15) is 12.6 Å². The molecule has 6 nitrogen and oxygen atoms in total. The minimum Gasteiger partial charge on any atom is -0.480 e. The molecule has 1 atom stereocenters. The van der Waals surface area contributed by atoms with E-state index in [4.69, 9.17) is 4.74 Å². The van der Waals surface area contributed by atoms with E-state index in [1.807, 2.05) is 44.2 Å². The first-order valence-electron chi connectivity index (χ1n) is 7.49. The predicted molar refractivity (Wildman–Crippen MR) is 83.6 cm³/mol. The summed E-state index contributed by atoms with van der Waals surface area (Å²) < 4.78 is 5.04. The lowest BCUT2D eigenvalue weighted by Gasteiger charge is -2.21. The van der Waals surface area contributed by atoms with Crippen LogP contribution in [0.4, 0.5) is 4.79 Å². The fourth-order valence-corrected chi connectivity index (χ4v) is 2.02. The van der Waals surface area contributed by atoms with Crippen molar-refractivity contribution in [1.29, 1.82) is 0 Å². The minimum atomic E-state index is -1.05. The third kappa shape index (κ3) is 6.58. The summed E-state index contributed by atoms with van der Waals surface area (Å²) in [6, 6.07) is 8.30. The monoisotopic (exact) mass is 308 g/mol. The number of rotatable bonds is 9. The number of ether oxygens (including phenoxy) is 1. The molecule has 0 heterocycles. The van der Waals surface area contributed by atoms with Crippen LogP contribution in [0.2, 0.25) is 0 Å². The number of carbonyl (C=O) groups is 2. The van der Waals surface area contributed by atoms with Crippen LogP contribution in [0.25, 0.3) is 0 Å². The highest BCUT2D eigenvalue weighted by molar-refractivity contribution is 5.79. The molecule has 22 heavy (non-hydrogen) atoms. The Balaban J connectivity index is 2.41. The smallest absolute Gasteiger partial charge is 0.408 e. The lowest BCUT2D eigenvalue weighted by atomic mass is 10.2. The molecule has 0 saturated heterocycles. The molecule has 0 radical (unpaired) electrons. The Bertz CT molecular complexity index is 460. The molecule has 0 bridgehead atoms. The van der Waals surface area contributed by atoms with Crippen LogP contribution in [0.5, 0.6) is 0 Å². The van der Waals surface area contributed by atoms with Gasteiger partial charge in [-0.25, -0.2) is 9.59 Å². The van der Waals surface area contributed by atoms with Crippen molar-refractivity contribution in [3.05, 3.63) is 35.9 Å². The Morgan fingerprint density at radius 3 is 2.41 bits per heavy atom. The topological polar surface area (TPSA) is 78.9 Å². The first-order chi connectivity index (χ1) is 10.6. The zero-order chi connectivity index (χ0) is 16.4. The maximum Gasteiger partial charge on any atom is 0.408 e. The number of alkyl carbamates (subject to hydrolysis) is 1. The van der Waals surface area contributed by atoms with Crippen molar-refractivity contribution < 1.29 is 19.4 Å². The van der Waals surface area contributed by atoms with Crippen molar-refractivity contribution in [1.82, 2.24) is 10.2 Å². The van der Waals surface area contributed by atoms with Crippen LogP contribution in [-0.4, -0.2) is 47.7 Å². The summed E-state index contributed by atoms with van der Waals surface area (Å²) in [5.41, 5.74) is 0.854. The number of amides is 1. The van der Waals surface area contributed by atoms with Gasteiger partial charge in [-0.2, -0.15) is 0 Å². The molecule has 0 saturated carbocycles. The summed E-state index contributed by atoms with van der Waals surface area (Å²) in [6.07, 6.45) is -0.368. The van der Waals surface area contributed by atoms with Crippen molar-refractivity contribution in [3.63, 3.8) is 0 Å². The molecule has 1 amide bonds. The summed E-state index contributed by atoms with van der Waals surface area (Å²) in [5, 5.41) is 11.6. The number of nitrogens with zero attached hydrogens (tertiary/aromatic N) is 1. The second kappa shape index (κ2) is 9.78. The highest BCUT2D eigenvalue weighted by Crippen LogP contribution is 2.02. The van der Waals surface area contributed by atoms with Gasteiger partial charge in [0.15, 0.2) is 0 Å². The molecule has 0 fully saturated rings. The van der Waals surface area contributed by atoms with E-state index in [-0.39, 0.29) is 6.61 Å². The molecule has 6 heteroatoms. The highest BCUT2D eigenvalue weighted by atomic mass is 16.5. The van der Waals surface area contributed by atoms with E-state index in [2.05, 4.69) is 10.2 Å². The molecule has 1 rings (SSSR count). The Morgan fingerprint density at radius 2 is 1.86 bits per heavy atom. The van der Waals surface area contributed by atoms with Crippen molar-refractivity contribution in [2.75, 3.05) is 19.6 Å². The van der Waals surface area contributed by atoms with Gasteiger partial charge in [-0.3, -0.25) is 0 Å². The Morgan fingerprint density at radius 1 is 1.23 bits per heavy atom. The molecular formula is C16H24N2O4. The summed E-state index contributed by atoms with van der Waals surface area (Å²) in [5.74, 6) is -1.05.